The van der Waals surface area contributed by atoms with Gasteiger partial charge in [0.05, 0.1) is 11.9 Å². The zero-order chi connectivity index (χ0) is 27.9. The van der Waals surface area contributed by atoms with E-state index in [9.17, 15) is 10.2 Å². The van der Waals surface area contributed by atoms with Crippen LogP contribution in [-0.2, 0) is 0 Å². The maximum absolute atomic E-state index is 9.99. The molecule has 0 fully saturated rings. The summed E-state index contributed by atoms with van der Waals surface area (Å²) < 4.78 is 0. The molecule has 38 heavy (non-hydrogen) atoms. The van der Waals surface area contributed by atoms with Crippen molar-refractivity contribution in [3.8, 4) is 11.8 Å². The van der Waals surface area contributed by atoms with Gasteiger partial charge in [-0.05, 0) is 44.6 Å². The second kappa shape index (κ2) is 29.3. The Bertz CT molecular complexity index is 745. The van der Waals surface area contributed by atoms with Crippen LogP contribution >= 0.6 is 0 Å². The van der Waals surface area contributed by atoms with Crippen molar-refractivity contribution in [1.29, 1.82) is 0 Å². The summed E-state index contributed by atoms with van der Waals surface area (Å²) in [7, 11) is 0. The molecule has 3 N–H and O–H groups in total. The number of hydrogen-bond donors (Lipinski definition) is 3. The Morgan fingerprint density at radius 1 is 0.711 bits per heavy atom. The molecular weight excluding hydrogens is 468 g/mol. The lowest BCUT2D eigenvalue weighted by Crippen LogP contribution is -1.99. The van der Waals surface area contributed by atoms with E-state index >= 15 is 0 Å². The average molecular weight is 525 g/mol. The summed E-state index contributed by atoms with van der Waals surface area (Å²) in [5.41, 5.74) is 0. The van der Waals surface area contributed by atoms with Gasteiger partial charge in [-0.15, -0.1) is 0 Å². The summed E-state index contributed by atoms with van der Waals surface area (Å²) in [6.45, 7) is 5.59. The molecule has 0 radical (unpaired) electrons. The molecule has 0 saturated carbocycles. The van der Waals surface area contributed by atoms with Gasteiger partial charge in [-0.1, -0.05) is 144 Å². The van der Waals surface area contributed by atoms with Crippen LogP contribution in [0, 0.1) is 11.8 Å². The van der Waals surface area contributed by atoms with Crippen molar-refractivity contribution >= 4 is 0 Å². The second-order valence-electron chi connectivity index (χ2n) is 9.99. The fourth-order valence-electron chi connectivity index (χ4n) is 3.95. The minimum atomic E-state index is -0.631. The van der Waals surface area contributed by atoms with Crippen molar-refractivity contribution < 1.29 is 15.3 Å². The SMILES string of the molecule is C=C(O)CCCCCCCCCCCCCC/C=C\C/C=C\C[C@@H](O)/C=C/C=C/C#C[C@@H](O)C/C=C\CC. The fourth-order valence-corrected chi connectivity index (χ4v) is 3.95. The van der Waals surface area contributed by atoms with Gasteiger partial charge in [-0.3, -0.25) is 0 Å². The largest absolute Gasteiger partial charge is 0.513 e. The Morgan fingerprint density at radius 3 is 1.92 bits per heavy atom. The van der Waals surface area contributed by atoms with Crippen molar-refractivity contribution in [3.05, 3.63) is 73.1 Å². The summed E-state index contributed by atoms with van der Waals surface area (Å²) in [6, 6.07) is 0. The third-order valence-corrected chi connectivity index (χ3v) is 6.20. The van der Waals surface area contributed by atoms with Crippen LogP contribution in [0.5, 0.6) is 0 Å². The molecule has 0 aliphatic carbocycles. The standard InChI is InChI=1S/C35H56O3/c1-3-4-23-29-34(37)31-26-21-22-27-32-35(38)30-25-20-18-16-14-12-10-8-6-5-7-9-11-13-15-17-19-24-28-33(2)36/h4,14,16,20-23,25,27,32,34-38H,2-3,5-13,15,17-19,24,28-30H2,1H3/b16-14-,22-21+,23-4-,25-20-,32-27+/t34-,35+/m0/s1. The molecule has 0 aliphatic heterocycles. The van der Waals surface area contributed by atoms with E-state index in [0.717, 1.165) is 32.1 Å². The van der Waals surface area contributed by atoms with Crippen molar-refractivity contribution in [2.24, 2.45) is 0 Å². The first kappa shape index (κ1) is 35.7. The Labute approximate surface area is 234 Å². The van der Waals surface area contributed by atoms with Crippen LogP contribution in [0.25, 0.3) is 0 Å². The van der Waals surface area contributed by atoms with E-state index in [0.29, 0.717) is 18.6 Å². The highest BCUT2D eigenvalue weighted by Crippen LogP contribution is 2.13. The van der Waals surface area contributed by atoms with Gasteiger partial charge in [0.25, 0.3) is 0 Å². The Hall–Kier alpha value is -2.28. The number of aliphatic hydroxyl groups excluding tert-OH is 3. The highest BCUT2D eigenvalue weighted by Gasteiger charge is 1.95. The molecular formula is C35H56O3. The molecule has 0 amide bonds. The summed E-state index contributed by atoms with van der Waals surface area (Å²) in [5, 5.41) is 28.7. The zero-order valence-electron chi connectivity index (χ0n) is 24.2. The van der Waals surface area contributed by atoms with E-state index in [1.165, 1.54) is 70.6 Å². The van der Waals surface area contributed by atoms with Crippen LogP contribution in [-0.4, -0.2) is 27.5 Å². The van der Waals surface area contributed by atoms with E-state index in [-0.39, 0.29) is 0 Å². The summed E-state index contributed by atoms with van der Waals surface area (Å²) >= 11 is 0. The van der Waals surface area contributed by atoms with Gasteiger partial charge in [-0.25, -0.2) is 0 Å². The first-order chi connectivity index (χ1) is 18.6. The van der Waals surface area contributed by atoms with E-state index < -0.39 is 12.2 Å². The highest BCUT2D eigenvalue weighted by atomic mass is 16.3. The summed E-state index contributed by atoms with van der Waals surface area (Å²) in [6.07, 6.45) is 39.1. The van der Waals surface area contributed by atoms with Crippen molar-refractivity contribution in [3.63, 3.8) is 0 Å². The monoisotopic (exact) mass is 524 g/mol. The molecule has 3 heteroatoms. The first-order valence-corrected chi connectivity index (χ1v) is 15.1. The van der Waals surface area contributed by atoms with Gasteiger partial charge in [0.15, 0.2) is 0 Å². The van der Waals surface area contributed by atoms with Crippen LogP contribution < -0.4 is 0 Å². The molecule has 0 saturated heterocycles. The predicted molar refractivity (Wildman–Crippen MR) is 166 cm³/mol. The van der Waals surface area contributed by atoms with Crippen molar-refractivity contribution in [1.82, 2.24) is 0 Å². The number of aliphatic hydroxyl groups is 3. The van der Waals surface area contributed by atoms with Gasteiger partial charge >= 0.3 is 0 Å². The van der Waals surface area contributed by atoms with Crippen LogP contribution in [0.4, 0.5) is 0 Å². The second-order valence-corrected chi connectivity index (χ2v) is 9.99. The molecule has 0 aliphatic rings. The van der Waals surface area contributed by atoms with E-state index in [1.54, 1.807) is 24.3 Å². The summed E-state index contributed by atoms with van der Waals surface area (Å²) in [5.74, 6) is 5.91. The third kappa shape index (κ3) is 29.9. The maximum Gasteiger partial charge on any atom is 0.118 e. The smallest absolute Gasteiger partial charge is 0.118 e. The highest BCUT2D eigenvalue weighted by molar-refractivity contribution is 5.22. The van der Waals surface area contributed by atoms with Crippen LogP contribution in [0.3, 0.4) is 0 Å². The van der Waals surface area contributed by atoms with Gasteiger partial charge in [-0.2, -0.15) is 0 Å². The lowest BCUT2D eigenvalue weighted by molar-refractivity contribution is 0.227. The first-order valence-electron chi connectivity index (χ1n) is 15.1. The normalized spacial score (nSPS) is 13.8. The van der Waals surface area contributed by atoms with Crippen LogP contribution in [0.1, 0.15) is 122 Å². The van der Waals surface area contributed by atoms with E-state index in [1.807, 2.05) is 18.2 Å². The van der Waals surface area contributed by atoms with E-state index in [4.69, 9.17) is 5.11 Å². The van der Waals surface area contributed by atoms with Crippen molar-refractivity contribution in [2.75, 3.05) is 0 Å². The number of unbranched alkanes of at least 4 members (excludes halogenated alkanes) is 12. The molecule has 2 atom stereocenters. The molecule has 3 nitrogen and oxygen atoms in total. The average Bonchev–Trinajstić information content (AvgIpc) is 2.89. The molecule has 0 aromatic carbocycles. The quantitative estimate of drug-likeness (QED) is 0.0387. The molecule has 0 heterocycles. The Balaban J connectivity index is 3.55. The van der Waals surface area contributed by atoms with Crippen molar-refractivity contribution in [2.45, 2.75) is 135 Å². The molecule has 214 valence electrons. The lowest BCUT2D eigenvalue weighted by Gasteiger charge is -2.03. The minimum Gasteiger partial charge on any atom is -0.513 e. The molecule has 0 spiro atoms. The van der Waals surface area contributed by atoms with Gasteiger partial charge in [0, 0.05) is 12.8 Å². The van der Waals surface area contributed by atoms with E-state index in [2.05, 4.69) is 43.6 Å². The Kier molecular flexibility index (Phi) is 27.5. The molecule has 0 aromatic rings. The molecule has 0 unspecified atom stereocenters. The molecule has 0 rings (SSSR count). The van der Waals surface area contributed by atoms with Gasteiger partial charge in [0.2, 0.25) is 0 Å². The number of allylic oxidation sites excluding steroid dienone is 8. The van der Waals surface area contributed by atoms with Crippen LogP contribution in [0.2, 0.25) is 0 Å². The van der Waals surface area contributed by atoms with Crippen LogP contribution in [0.15, 0.2) is 73.1 Å². The predicted octanol–water partition coefficient (Wildman–Crippen LogP) is 9.61. The van der Waals surface area contributed by atoms with Gasteiger partial charge in [0.1, 0.15) is 6.10 Å². The maximum atomic E-state index is 9.99. The van der Waals surface area contributed by atoms with Gasteiger partial charge < -0.3 is 15.3 Å². The topological polar surface area (TPSA) is 60.7 Å². The fraction of sp³-hybridized carbons (Fsp3) is 0.600. The minimum absolute atomic E-state index is 0.326. The Morgan fingerprint density at radius 2 is 1.29 bits per heavy atom. The lowest BCUT2D eigenvalue weighted by atomic mass is 10.0. The molecule has 0 bridgehead atoms. The third-order valence-electron chi connectivity index (χ3n) is 6.20. The summed E-state index contributed by atoms with van der Waals surface area (Å²) in [4.78, 5) is 0. The number of hydrogen-bond acceptors (Lipinski definition) is 3. The molecule has 0 aromatic heterocycles. The number of rotatable bonds is 24. The zero-order valence-corrected chi connectivity index (χ0v) is 24.2.